The van der Waals surface area contributed by atoms with Gasteiger partial charge in [0.15, 0.2) is 5.69 Å². The number of ether oxygens (including phenoxy) is 1. The van der Waals surface area contributed by atoms with Crippen molar-refractivity contribution >= 4 is 23.2 Å². The van der Waals surface area contributed by atoms with Crippen molar-refractivity contribution < 1.29 is 14.3 Å². The fourth-order valence-corrected chi connectivity index (χ4v) is 5.29. The highest BCUT2D eigenvalue weighted by Crippen LogP contribution is 2.28. The number of aromatic nitrogens is 2. The van der Waals surface area contributed by atoms with Crippen molar-refractivity contribution in [3.8, 4) is 0 Å². The van der Waals surface area contributed by atoms with Crippen molar-refractivity contribution in [1.29, 1.82) is 0 Å². The highest BCUT2D eigenvalue weighted by molar-refractivity contribution is 7.09. The number of hydrogen-bond acceptors (Lipinski definition) is 5. The first-order chi connectivity index (χ1) is 16.2. The second-order valence-corrected chi connectivity index (χ2v) is 9.62. The van der Waals surface area contributed by atoms with E-state index in [1.54, 1.807) is 17.7 Å². The van der Waals surface area contributed by atoms with Crippen LogP contribution < -0.4 is 5.32 Å². The number of benzene rings is 1. The van der Waals surface area contributed by atoms with E-state index in [1.807, 2.05) is 33.7 Å². The molecule has 0 aliphatic carbocycles. The van der Waals surface area contributed by atoms with E-state index < -0.39 is 0 Å². The molecule has 0 spiro atoms. The number of carbonyl (C=O) groups excluding carboxylic acids is 2. The Kier molecular flexibility index (Phi) is 6.55. The van der Waals surface area contributed by atoms with Crippen LogP contribution in [0.25, 0.3) is 0 Å². The number of fused-ring (bicyclic) bond motifs is 1. The highest BCUT2D eigenvalue weighted by atomic mass is 32.1. The molecule has 1 N–H and O–H groups in total. The Balaban J connectivity index is 1.13. The Morgan fingerprint density at radius 1 is 1.12 bits per heavy atom. The van der Waals surface area contributed by atoms with Crippen molar-refractivity contribution in [3.63, 3.8) is 0 Å². The van der Waals surface area contributed by atoms with Crippen molar-refractivity contribution in [2.45, 2.75) is 38.5 Å². The minimum Gasteiger partial charge on any atom is -0.365 e. The Labute approximate surface area is 197 Å². The predicted molar refractivity (Wildman–Crippen MR) is 126 cm³/mol. The quantitative estimate of drug-likeness (QED) is 0.607. The molecule has 4 heterocycles. The monoisotopic (exact) mass is 464 g/mol. The van der Waals surface area contributed by atoms with E-state index in [9.17, 15) is 9.59 Å². The molecule has 5 rings (SSSR count). The van der Waals surface area contributed by atoms with E-state index in [0.29, 0.717) is 51.3 Å². The van der Waals surface area contributed by atoms with E-state index >= 15 is 0 Å². The molecular weight excluding hydrogens is 436 g/mol. The molecule has 1 saturated heterocycles. The van der Waals surface area contributed by atoms with Gasteiger partial charge in [0.05, 0.1) is 25.2 Å². The molecule has 1 unspecified atom stereocenters. The van der Waals surface area contributed by atoms with Gasteiger partial charge in [0.2, 0.25) is 5.91 Å². The van der Waals surface area contributed by atoms with Gasteiger partial charge in [0, 0.05) is 30.4 Å². The summed E-state index contributed by atoms with van der Waals surface area (Å²) in [6.07, 6.45) is 3.93. The van der Waals surface area contributed by atoms with Crippen molar-refractivity contribution in [2.75, 3.05) is 19.6 Å². The Hall–Kier alpha value is -2.97. The first-order valence-corrected chi connectivity index (χ1v) is 12.4. The van der Waals surface area contributed by atoms with Gasteiger partial charge in [-0.15, -0.1) is 11.3 Å². The highest BCUT2D eigenvalue weighted by Gasteiger charge is 2.32. The number of nitrogens with one attached hydrogen (secondary N) is 1. The van der Waals surface area contributed by atoms with E-state index in [4.69, 9.17) is 4.74 Å². The predicted octanol–water partition coefficient (Wildman–Crippen LogP) is 3.43. The largest absolute Gasteiger partial charge is 0.365 e. The summed E-state index contributed by atoms with van der Waals surface area (Å²) < 4.78 is 8.09. The van der Waals surface area contributed by atoms with E-state index in [0.717, 1.165) is 17.7 Å². The number of carbonyl (C=O) groups is 2. The van der Waals surface area contributed by atoms with Crippen LogP contribution in [-0.4, -0.2) is 45.9 Å². The van der Waals surface area contributed by atoms with E-state index in [1.165, 1.54) is 4.88 Å². The molecular formula is C25H28N4O3S. The first-order valence-electron chi connectivity index (χ1n) is 11.5. The number of likely N-dealkylation sites (tertiary alicyclic amines) is 1. The number of thiophene rings is 1. The minimum atomic E-state index is -0.0675. The van der Waals surface area contributed by atoms with Crippen LogP contribution in [0.3, 0.4) is 0 Å². The second kappa shape index (κ2) is 9.89. The summed E-state index contributed by atoms with van der Waals surface area (Å²) in [7, 11) is 0. The number of nitrogens with zero attached hydrogens (tertiary/aromatic N) is 3. The molecule has 2 aliphatic heterocycles. The molecule has 1 atom stereocenters. The standard InChI is InChI=1S/C25H28N4O3S/c30-24(26-11-8-20-7-4-14-33-20)19-9-12-28(13-10-19)25(31)23-21-16-32-22(15-29(21)17-27-23)18-5-2-1-3-6-18/h1-7,14,17,19,22H,8-13,15-16H2,(H,26,30). The van der Waals surface area contributed by atoms with Gasteiger partial charge >= 0.3 is 0 Å². The Bertz CT molecular complexity index is 1090. The van der Waals surface area contributed by atoms with Crippen LogP contribution >= 0.6 is 11.3 Å². The molecule has 3 aromatic rings. The van der Waals surface area contributed by atoms with Crippen LogP contribution in [0.15, 0.2) is 54.2 Å². The van der Waals surface area contributed by atoms with Crippen molar-refractivity contribution in [1.82, 2.24) is 19.8 Å². The molecule has 8 heteroatoms. The molecule has 7 nitrogen and oxygen atoms in total. The molecule has 0 radical (unpaired) electrons. The fourth-order valence-electron chi connectivity index (χ4n) is 4.58. The second-order valence-electron chi connectivity index (χ2n) is 8.59. The van der Waals surface area contributed by atoms with Crippen LogP contribution in [0, 0.1) is 5.92 Å². The minimum absolute atomic E-state index is 0.0371. The molecule has 33 heavy (non-hydrogen) atoms. The van der Waals surface area contributed by atoms with Gasteiger partial charge in [0.1, 0.15) is 6.10 Å². The summed E-state index contributed by atoms with van der Waals surface area (Å²) >= 11 is 1.71. The van der Waals surface area contributed by atoms with Gasteiger partial charge in [-0.2, -0.15) is 0 Å². The van der Waals surface area contributed by atoms with Crippen molar-refractivity contribution in [2.24, 2.45) is 5.92 Å². The summed E-state index contributed by atoms with van der Waals surface area (Å²) in [6, 6.07) is 14.2. The Morgan fingerprint density at radius 2 is 1.94 bits per heavy atom. The van der Waals surface area contributed by atoms with Crippen molar-refractivity contribution in [3.05, 3.63) is 76.0 Å². The lowest BCUT2D eigenvalue weighted by atomic mass is 9.95. The van der Waals surface area contributed by atoms with Gasteiger partial charge in [-0.3, -0.25) is 9.59 Å². The number of hydrogen-bond donors (Lipinski definition) is 1. The molecule has 0 bridgehead atoms. The smallest absolute Gasteiger partial charge is 0.274 e. The lowest BCUT2D eigenvalue weighted by Gasteiger charge is -2.31. The van der Waals surface area contributed by atoms with Gasteiger partial charge in [0.25, 0.3) is 5.91 Å². The number of rotatable bonds is 6. The number of imidazole rings is 1. The zero-order chi connectivity index (χ0) is 22.6. The van der Waals surface area contributed by atoms with E-state index in [-0.39, 0.29) is 23.8 Å². The summed E-state index contributed by atoms with van der Waals surface area (Å²) in [5.74, 6) is -0.0105. The van der Waals surface area contributed by atoms with Crippen LogP contribution in [0.2, 0.25) is 0 Å². The summed E-state index contributed by atoms with van der Waals surface area (Å²) in [5, 5.41) is 5.10. The van der Waals surface area contributed by atoms with Gasteiger partial charge < -0.3 is 19.5 Å². The molecule has 172 valence electrons. The third-order valence-electron chi connectivity index (χ3n) is 6.51. The molecule has 2 amide bonds. The topological polar surface area (TPSA) is 76.5 Å². The lowest BCUT2D eigenvalue weighted by Crippen LogP contribution is -2.43. The maximum atomic E-state index is 13.2. The molecule has 1 aromatic carbocycles. The molecule has 1 fully saturated rings. The van der Waals surface area contributed by atoms with Crippen LogP contribution in [0.1, 0.15) is 45.6 Å². The normalized spacial score (nSPS) is 18.7. The summed E-state index contributed by atoms with van der Waals surface area (Å²) in [5.41, 5.74) is 2.43. The maximum Gasteiger partial charge on any atom is 0.274 e. The summed E-state index contributed by atoms with van der Waals surface area (Å²) in [6.45, 7) is 2.81. The van der Waals surface area contributed by atoms with Gasteiger partial charge in [-0.05, 0) is 36.3 Å². The zero-order valence-corrected chi connectivity index (χ0v) is 19.3. The average Bonchev–Trinajstić information content (AvgIpc) is 3.54. The first kappa shape index (κ1) is 21.9. The third-order valence-corrected chi connectivity index (χ3v) is 7.44. The molecule has 2 aromatic heterocycles. The third kappa shape index (κ3) is 4.86. The summed E-state index contributed by atoms with van der Waals surface area (Å²) in [4.78, 5) is 33.2. The number of piperidine rings is 1. The Morgan fingerprint density at radius 3 is 2.70 bits per heavy atom. The van der Waals surface area contributed by atoms with Crippen LogP contribution in [0.5, 0.6) is 0 Å². The maximum absolute atomic E-state index is 13.2. The zero-order valence-electron chi connectivity index (χ0n) is 18.5. The van der Waals surface area contributed by atoms with Gasteiger partial charge in [-0.25, -0.2) is 4.98 Å². The number of amides is 2. The van der Waals surface area contributed by atoms with Crippen LogP contribution in [-0.2, 0) is 29.1 Å². The molecule has 0 saturated carbocycles. The van der Waals surface area contributed by atoms with Gasteiger partial charge in [-0.1, -0.05) is 36.4 Å². The average molecular weight is 465 g/mol. The lowest BCUT2D eigenvalue weighted by molar-refractivity contribution is -0.126. The van der Waals surface area contributed by atoms with Crippen LogP contribution in [0.4, 0.5) is 0 Å². The molecule has 2 aliphatic rings. The SMILES string of the molecule is O=C(NCCc1cccs1)C1CCN(C(=O)c2ncn3c2COC(c2ccccc2)C3)CC1. The fraction of sp³-hybridized carbons (Fsp3) is 0.400. The van der Waals surface area contributed by atoms with E-state index in [2.05, 4.69) is 33.9 Å².